The third-order valence-electron chi connectivity index (χ3n) is 3.94. The van der Waals surface area contributed by atoms with E-state index in [0.29, 0.717) is 5.54 Å². The number of likely N-dealkylation sites (N-methyl/N-ethyl adjacent to an activating group) is 1. The number of aryl methyl sites for hydroxylation is 2. The molecule has 82 valence electrons. The van der Waals surface area contributed by atoms with Gasteiger partial charge >= 0.3 is 0 Å². The summed E-state index contributed by atoms with van der Waals surface area (Å²) in [6.45, 7) is 0. The Morgan fingerprint density at radius 1 is 1.33 bits per heavy atom. The van der Waals surface area contributed by atoms with Gasteiger partial charge in [0, 0.05) is 15.3 Å². The Hall–Kier alpha value is -0.340. The Balaban J connectivity index is 1.78. The molecular weight excluding hydrogens is 202 g/mol. The lowest BCUT2D eigenvalue weighted by atomic mass is 9.98. The second kappa shape index (κ2) is 3.60. The van der Waals surface area contributed by atoms with Gasteiger partial charge in [0.05, 0.1) is 0 Å². The SMILES string of the molecule is CNC1(Cc2cc3c(s2)CCCC3)CC1. The van der Waals surface area contributed by atoms with Crippen molar-refractivity contribution in [3.63, 3.8) is 0 Å². The van der Waals surface area contributed by atoms with Gasteiger partial charge in [-0.15, -0.1) is 11.3 Å². The van der Waals surface area contributed by atoms with Crippen molar-refractivity contribution in [2.75, 3.05) is 7.05 Å². The summed E-state index contributed by atoms with van der Waals surface area (Å²) in [5.41, 5.74) is 2.14. The van der Waals surface area contributed by atoms with E-state index in [1.54, 1.807) is 15.3 Å². The van der Waals surface area contributed by atoms with Gasteiger partial charge < -0.3 is 5.32 Å². The first-order valence-electron chi connectivity index (χ1n) is 6.11. The molecule has 15 heavy (non-hydrogen) atoms. The average molecular weight is 221 g/mol. The molecule has 2 aliphatic carbocycles. The smallest absolute Gasteiger partial charge is 0.0228 e. The molecule has 0 aromatic carbocycles. The first-order valence-corrected chi connectivity index (χ1v) is 6.92. The summed E-state index contributed by atoms with van der Waals surface area (Å²) in [4.78, 5) is 3.30. The van der Waals surface area contributed by atoms with Crippen molar-refractivity contribution in [2.24, 2.45) is 0 Å². The number of hydrogen-bond donors (Lipinski definition) is 1. The number of rotatable bonds is 3. The van der Waals surface area contributed by atoms with Crippen LogP contribution in [-0.2, 0) is 19.3 Å². The van der Waals surface area contributed by atoms with Crippen LogP contribution >= 0.6 is 11.3 Å². The number of nitrogens with one attached hydrogen (secondary N) is 1. The zero-order valence-corrected chi connectivity index (χ0v) is 10.3. The van der Waals surface area contributed by atoms with E-state index in [4.69, 9.17) is 0 Å². The summed E-state index contributed by atoms with van der Waals surface area (Å²) < 4.78 is 0. The lowest BCUT2D eigenvalue weighted by molar-refractivity contribution is 0.552. The standard InChI is InChI=1S/C13H19NS/c1-14-13(6-7-13)9-11-8-10-4-2-3-5-12(10)15-11/h8,14H,2-7,9H2,1H3. The lowest BCUT2D eigenvalue weighted by Gasteiger charge is -2.11. The highest BCUT2D eigenvalue weighted by Gasteiger charge is 2.41. The van der Waals surface area contributed by atoms with Crippen molar-refractivity contribution in [3.05, 3.63) is 21.4 Å². The average Bonchev–Trinajstić information content (AvgIpc) is 2.91. The van der Waals surface area contributed by atoms with Gasteiger partial charge in [-0.2, -0.15) is 0 Å². The summed E-state index contributed by atoms with van der Waals surface area (Å²) in [5, 5.41) is 3.49. The highest BCUT2D eigenvalue weighted by molar-refractivity contribution is 7.12. The molecule has 1 aromatic heterocycles. The second-order valence-corrected chi connectivity index (χ2v) is 6.30. The van der Waals surface area contributed by atoms with Crippen molar-refractivity contribution < 1.29 is 0 Å². The molecule has 1 saturated carbocycles. The van der Waals surface area contributed by atoms with Crippen LogP contribution in [0.25, 0.3) is 0 Å². The third kappa shape index (κ3) is 1.85. The van der Waals surface area contributed by atoms with Crippen LogP contribution < -0.4 is 5.32 Å². The van der Waals surface area contributed by atoms with Crippen LogP contribution in [0.3, 0.4) is 0 Å². The Bertz CT molecular complexity index is 339. The van der Waals surface area contributed by atoms with Crippen molar-refractivity contribution >= 4 is 11.3 Å². The van der Waals surface area contributed by atoms with Gasteiger partial charge in [-0.25, -0.2) is 0 Å². The zero-order chi connectivity index (χ0) is 10.3. The van der Waals surface area contributed by atoms with Crippen LogP contribution in [0, 0.1) is 0 Å². The molecule has 0 bridgehead atoms. The topological polar surface area (TPSA) is 12.0 Å². The minimum atomic E-state index is 0.480. The van der Waals surface area contributed by atoms with Gasteiger partial charge in [0.15, 0.2) is 0 Å². The maximum absolute atomic E-state index is 3.49. The third-order valence-corrected chi connectivity index (χ3v) is 5.18. The molecular formula is C13H19NS. The van der Waals surface area contributed by atoms with Gasteiger partial charge in [0.2, 0.25) is 0 Å². The molecule has 0 amide bonds. The minimum absolute atomic E-state index is 0.480. The van der Waals surface area contributed by atoms with Crippen molar-refractivity contribution in [2.45, 2.75) is 50.5 Å². The van der Waals surface area contributed by atoms with Gasteiger partial charge in [0.1, 0.15) is 0 Å². The van der Waals surface area contributed by atoms with Gasteiger partial charge in [-0.1, -0.05) is 0 Å². The molecule has 0 saturated heterocycles. The maximum Gasteiger partial charge on any atom is 0.0228 e. The van der Waals surface area contributed by atoms with E-state index >= 15 is 0 Å². The lowest BCUT2D eigenvalue weighted by Crippen LogP contribution is -2.29. The van der Waals surface area contributed by atoms with E-state index in [0.717, 1.165) is 0 Å². The van der Waals surface area contributed by atoms with E-state index in [1.807, 2.05) is 0 Å². The van der Waals surface area contributed by atoms with Gasteiger partial charge in [-0.05, 0) is 63.6 Å². The second-order valence-electron chi connectivity index (χ2n) is 5.08. The molecule has 0 atom stereocenters. The Morgan fingerprint density at radius 3 is 2.80 bits per heavy atom. The molecule has 1 heterocycles. The highest BCUT2D eigenvalue weighted by Crippen LogP contribution is 2.41. The van der Waals surface area contributed by atoms with E-state index in [2.05, 4.69) is 29.8 Å². The van der Waals surface area contributed by atoms with Gasteiger partial charge in [0.25, 0.3) is 0 Å². The monoisotopic (exact) mass is 221 g/mol. The predicted molar refractivity (Wildman–Crippen MR) is 65.7 cm³/mol. The highest BCUT2D eigenvalue weighted by atomic mass is 32.1. The van der Waals surface area contributed by atoms with E-state index in [-0.39, 0.29) is 0 Å². The summed E-state index contributed by atoms with van der Waals surface area (Å²) in [6, 6.07) is 2.48. The predicted octanol–water partition coefficient (Wildman–Crippen LogP) is 2.92. The van der Waals surface area contributed by atoms with Crippen LogP contribution in [0.4, 0.5) is 0 Å². The van der Waals surface area contributed by atoms with Gasteiger partial charge in [-0.3, -0.25) is 0 Å². The molecule has 1 aromatic rings. The Kier molecular flexibility index (Phi) is 2.37. The summed E-state index contributed by atoms with van der Waals surface area (Å²) in [5.74, 6) is 0. The van der Waals surface area contributed by atoms with Crippen LogP contribution in [0.2, 0.25) is 0 Å². The molecule has 3 rings (SSSR count). The molecule has 1 N–H and O–H groups in total. The first-order chi connectivity index (χ1) is 7.31. The molecule has 1 fully saturated rings. The minimum Gasteiger partial charge on any atom is -0.314 e. The Morgan fingerprint density at radius 2 is 2.13 bits per heavy atom. The Labute approximate surface area is 95.9 Å². The van der Waals surface area contributed by atoms with Crippen molar-refractivity contribution in [1.29, 1.82) is 0 Å². The van der Waals surface area contributed by atoms with Crippen molar-refractivity contribution in [1.82, 2.24) is 5.32 Å². The molecule has 0 spiro atoms. The first kappa shape index (κ1) is 9.86. The van der Waals surface area contributed by atoms with Crippen molar-refractivity contribution in [3.8, 4) is 0 Å². The normalized spacial score (nSPS) is 22.5. The summed E-state index contributed by atoms with van der Waals surface area (Å²) in [6.07, 6.45) is 9.48. The molecule has 0 unspecified atom stereocenters. The fourth-order valence-corrected chi connectivity index (χ4v) is 4.04. The number of fused-ring (bicyclic) bond motifs is 1. The largest absolute Gasteiger partial charge is 0.314 e. The number of thiophene rings is 1. The fourth-order valence-electron chi connectivity index (χ4n) is 2.64. The van der Waals surface area contributed by atoms with Crippen LogP contribution in [-0.4, -0.2) is 12.6 Å². The van der Waals surface area contributed by atoms with E-state index in [1.165, 1.54) is 44.9 Å². The fraction of sp³-hybridized carbons (Fsp3) is 0.692. The van der Waals surface area contributed by atoms with Crippen LogP contribution in [0.5, 0.6) is 0 Å². The molecule has 2 aliphatic rings. The summed E-state index contributed by atoms with van der Waals surface area (Å²) >= 11 is 2.08. The quantitative estimate of drug-likeness (QED) is 0.827. The molecule has 2 heteroatoms. The molecule has 0 radical (unpaired) electrons. The molecule has 1 nitrogen and oxygen atoms in total. The van der Waals surface area contributed by atoms with E-state index in [9.17, 15) is 0 Å². The number of hydrogen-bond acceptors (Lipinski definition) is 2. The molecule has 0 aliphatic heterocycles. The van der Waals surface area contributed by atoms with Crippen LogP contribution in [0.15, 0.2) is 6.07 Å². The zero-order valence-electron chi connectivity index (χ0n) is 9.44. The van der Waals surface area contributed by atoms with E-state index < -0.39 is 0 Å². The summed E-state index contributed by atoms with van der Waals surface area (Å²) in [7, 11) is 2.11. The van der Waals surface area contributed by atoms with Crippen LogP contribution in [0.1, 0.15) is 41.0 Å². The maximum atomic E-state index is 3.49.